The van der Waals surface area contributed by atoms with E-state index in [0.717, 1.165) is 28.1 Å². The van der Waals surface area contributed by atoms with Gasteiger partial charge in [0.2, 0.25) is 0 Å². The van der Waals surface area contributed by atoms with Crippen molar-refractivity contribution in [1.29, 1.82) is 5.26 Å². The fourth-order valence-corrected chi connectivity index (χ4v) is 3.92. The Balaban J connectivity index is 1.81. The zero-order chi connectivity index (χ0) is 23.4. The van der Waals surface area contributed by atoms with E-state index in [9.17, 15) is 4.79 Å². The van der Waals surface area contributed by atoms with Crippen LogP contribution in [0.5, 0.6) is 0 Å². The number of amides is 1. The zero-order valence-corrected chi connectivity index (χ0v) is 19.1. The summed E-state index contributed by atoms with van der Waals surface area (Å²) in [6, 6.07) is 17.8. The molecule has 0 aliphatic heterocycles. The Morgan fingerprint density at radius 3 is 2.67 bits per heavy atom. The standard InChI is InChI=1S/C26H26N6O/c1-19-9-10-23(20(2)15-19)32-25(16-22(29-32)24-8-5-13-30(24)3)26(33)31(14-6-11-27)18-21-7-4-12-28-17-21/h4-5,7-10,12-13,15-17H,6,14,18H2,1-3H3. The number of rotatable bonds is 7. The molecule has 4 rings (SSSR count). The van der Waals surface area contributed by atoms with Crippen molar-refractivity contribution in [3.8, 4) is 23.1 Å². The second kappa shape index (κ2) is 9.53. The summed E-state index contributed by atoms with van der Waals surface area (Å²) in [6.45, 7) is 4.75. The number of pyridine rings is 1. The van der Waals surface area contributed by atoms with Crippen LogP contribution in [-0.4, -0.2) is 36.7 Å². The van der Waals surface area contributed by atoms with Gasteiger partial charge in [0.1, 0.15) is 11.4 Å². The van der Waals surface area contributed by atoms with Gasteiger partial charge in [-0.05, 0) is 55.3 Å². The minimum absolute atomic E-state index is 0.179. The first-order chi connectivity index (χ1) is 16.0. The first-order valence-electron chi connectivity index (χ1n) is 10.8. The largest absolute Gasteiger partial charge is 0.349 e. The third-order valence-corrected chi connectivity index (χ3v) is 5.59. The van der Waals surface area contributed by atoms with Gasteiger partial charge in [-0.25, -0.2) is 4.68 Å². The molecule has 0 N–H and O–H groups in total. The summed E-state index contributed by atoms with van der Waals surface area (Å²) in [6.07, 6.45) is 5.64. The monoisotopic (exact) mass is 438 g/mol. The molecule has 1 amide bonds. The SMILES string of the molecule is Cc1ccc(-n2nc(-c3cccn3C)cc2C(=O)N(CCC#N)Cc2cccnc2)c(C)c1. The van der Waals surface area contributed by atoms with Crippen LogP contribution in [0.4, 0.5) is 0 Å². The van der Waals surface area contributed by atoms with Crippen LogP contribution in [0.25, 0.3) is 17.1 Å². The van der Waals surface area contributed by atoms with Gasteiger partial charge in [0.05, 0.1) is 23.9 Å². The van der Waals surface area contributed by atoms with E-state index < -0.39 is 0 Å². The Kier molecular flexibility index (Phi) is 6.36. The van der Waals surface area contributed by atoms with E-state index >= 15 is 0 Å². The molecule has 0 spiro atoms. The lowest BCUT2D eigenvalue weighted by Crippen LogP contribution is -2.33. The van der Waals surface area contributed by atoms with E-state index in [-0.39, 0.29) is 12.3 Å². The molecule has 0 saturated heterocycles. The van der Waals surface area contributed by atoms with Gasteiger partial charge >= 0.3 is 0 Å². The first kappa shape index (κ1) is 22.0. The van der Waals surface area contributed by atoms with Crippen LogP contribution in [0, 0.1) is 25.2 Å². The quantitative estimate of drug-likeness (QED) is 0.427. The van der Waals surface area contributed by atoms with Crippen molar-refractivity contribution in [2.45, 2.75) is 26.8 Å². The highest BCUT2D eigenvalue weighted by molar-refractivity contribution is 5.94. The molecule has 0 atom stereocenters. The van der Waals surface area contributed by atoms with Gasteiger partial charge in [-0.3, -0.25) is 9.78 Å². The minimum Gasteiger partial charge on any atom is -0.349 e. The number of aromatic nitrogens is 4. The summed E-state index contributed by atoms with van der Waals surface area (Å²) >= 11 is 0. The lowest BCUT2D eigenvalue weighted by Gasteiger charge is -2.22. The maximum Gasteiger partial charge on any atom is 0.272 e. The predicted octanol–water partition coefficient (Wildman–Crippen LogP) is 4.45. The van der Waals surface area contributed by atoms with E-state index in [2.05, 4.69) is 17.1 Å². The fourth-order valence-electron chi connectivity index (χ4n) is 3.92. The summed E-state index contributed by atoms with van der Waals surface area (Å²) in [7, 11) is 1.95. The predicted molar refractivity (Wildman–Crippen MR) is 127 cm³/mol. The van der Waals surface area contributed by atoms with Gasteiger partial charge in [-0.15, -0.1) is 0 Å². The number of aryl methyl sites for hydroxylation is 3. The van der Waals surface area contributed by atoms with Crippen LogP contribution >= 0.6 is 0 Å². The van der Waals surface area contributed by atoms with E-state index in [1.165, 1.54) is 0 Å². The molecule has 3 aromatic heterocycles. The van der Waals surface area contributed by atoms with Crippen molar-refractivity contribution in [1.82, 2.24) is 24.2 Å². The molecule has 1 aromatic carbocycles. The number of benzene rings is 1. The van der Waals surface area contributed by atoms with Crippen molar-refractivity contribution in [3.05, 3.63) is 89.5 Å². The smallest absolute Gasteiger partial charge is 0.272 e. The van der Waals surface area contributed by atoms with E-state index in [1.54, 1.807) is 22.0 Å². The Morgan fingerprint density at radius 1 is 1.15 bits per heavy atom. The highest BCUT2D eigenvalue weighted by Gasteiger charge is 2.24. The Labute approximate surface area is 193 Å². The minimum atomic E-state index is -0.179. The molecule has 4 aromatic rings. The summed E-state index contributed by atoms with van der Waals surface area (Å²) in [5.41, 5.74) is 6.03. The van der Waals surface area contributed by atoms with Gasteiger partial charge in [0, 0.05) is 38.7 Å². The molecule has 0 bridgehead atoms. The van der Waals surface area contributed by atoms with Gasteiger partial charge in [0.15, 0.2) is 0 Å². The number of hydrogen-bond acceptors (Lipinski definition) is 4. The molecular weight excluding hydrogens is 412 g/mol. The van der Waals surface area contributed by atoms with Crippen LogP contribution in [0.15, 0.2) is 67.1 Å². The maximum atomic E-state index is 13.8. The van der Waals surface area contributed by atoms with Crippen molar-refractivity contribution >= 4 is 5.91 Å². The lowest BCUT2D eigenvalue weighted by molar-refractivity contribution is 0.0737. The number of nitriles is 1. The molecule has 0 aliphatic rings. The molecule has 0 unspecified atom stereocenters. The normalized spacial score (nSPS) is 10.7. The fraction of sp³-hybridized carbons (Fsp3) is 0.231. The number of carbonyl (C=O) groups excluding carboxylic acids is 1. The third kappa shape index (κ3) is 4.70. The van der Waals surface area contributed by atoms with Gasteiger partial charge < -0.3 is 9.47 Å². The van der Waals surface area contributed by atoms with Crippen LogP contribution in [-0.2, 0) is 13.6 Å². The van der Waals surface area contributed by atoms with Gasteiger partial charge in [0.25, 0.3) is 5.91 Å². The van der Waals surface area contributed by atoms with E-state index in [4.69, 9.17) is 10.4 Å². The molecule has 3 heterocycles. The Morgan fingerprint density at radius 2 is 2.00 bits per heavy atom. The summed E-state index contributed by atoms with van der Waals surface area (Å²) in [5.74, 6) is -0.179. The topological polar surface area (TPSA) is 79.7 Å². The lowest BCUT2D eigenvalue weighted by atomic mass is 10.1. The van der Waals surface area contributed by atoms with Crippen molar-refractivity contribution in [2.24, 2.45) is 7.05 Å². The molecule has 166 valence electrons. The highest BCUT2D eigenvalue weighted by Crippen LogP contribution is 2.25. The molecule has 0 fully saturated rings. The number of nitrogens with zero attached hydrogens (tertiary/aromatic N) is 6. The molecule has 0 radical (unpaired) electrons. The van der Waals surface area contributed by atoms with Crippen molar-refractivity contribution in [3.63, 3.8) is 0 Å². The van der Waals surface area contributed by atoms with Crippen LogP contribution in [0.3, 0.4) is 0 Å². The van der Waals surface area contributed by atoms with Crippen LogP contribution in [0.2, 0.25) is 0 Å². The summed E-state index contributed by atoms with van der Waals surface area (Å²) in [5, 5.41) is 14.0. The Bertz CT molecular complexity index is 1310. The average Bonchev–Trinajstić information content (AvgIpc) is 3.43. The summed E-state index contributed by atoms with van der Waals surface area (Å²) < 4.78 is 3.70. The van der Waals surface area contributed by atoms with E-state index in [1.807, 2.05) is 74.1 Å². The van der Waals surface area contributed by atoms with Gasteiger partial charge in [-0.1, -0.05) is 23.8 Å². The second-order valence-electron chi connectivity index (χ2n) is 8.12. The zero-order valence-electron chi connectivity index (χ0n) is 19.1. The first-order valence-corrected chi connectivity index (χ1v) is 10.8. The van der Waals surface area contributed by atoms with Crippen molar-refractivity contribution in [2.75, 3.05) is 6.54 Å². The van der Waals surface area contributed by atoms with E-state index in [0.29, 0.717) is 24.5 Å². The Hall–Kier alpha value is -4.18. The van der Waals surface area contributed by atoms with Crippen molar-refractivity contribution < 1.29 is 4.79 Å². The second-order valence-corrected chi connectivity index (χ2v) is 8.12. The molecule has 7 nitrogen and oxygen atoms in total. The highest BCUT2D eigenvalue weighted by atomic mass is 16.2. The maximum absolute atomic E-state index is 13.8. The molecule has 33 heavy (non-hydrogen) atoms. The van der Waals surface area contributed by atoms with Crippen LogP contribution < -0.4 is 0 Å². The molecule has 0 aliphatic carbocycles. The molecule has 7 heteroatoms. The summed E-state index contributed by atoms with van der Waals surface area (Å²) in [4.78, 5) is 19.7. The molecular formula is C26H26N6O. The number of carbonyl (C=O) groups is 1. The molecule has 0 saturated carbocycles. The van der Waals surface area contributed by atoms with Gasteiger partial charge in [-0.2, -0.15) is 10.4 Å². The number of hydrogen-bond donors (Lipinski definition) is 0. The average molecular weight is 439 g/mol. The third-order valence-electron chi connectivity index (χ3n) is 5.59. The van der Waals surface area contributed by atoms with Crippen LogP contribution in [0.1, 0.15) is 33.6 Å².